The topological polar surface area (TPSA) is 75.9 Å². The molecule has 1 aromatic carbocycles. The molecular weight excluding hydrogens is 328 g/mol. The van der Waals surface area contributed by atoms with Gasteiger partial charge in [0.05, 0.1) is 0 Å². The van der Waals surface area contributed by atoms with Crippen LogP contribution in [0.2, 0.25) is 0 Å². The number of tetrazole rings is 1. The minimum absolute atomic E-state index is 0.0914. The smallest absolute Gasteiger partial charge is 0.249 e. The predicted molar refractivity (Wildman–Crippen MR) is 98.3 cm³/mol. The molecule has 2 aliphatic heterocycles. The number of hydrogen-bond acceptors (Lipinski definition) is 5. The van der Waals surface area contributed by atoms with Crippen molar-refractivity contribution in [2.75, 3.05) is 13.1 Å². The zero-order chi connectivity index (χ0) is 18.1. The highest BCUT2D eigenvalue weighted by molar-refractivity contribution is 5.80. The van der Waals surface area contributed by atoms with E-state index in [1.807, 2.05) is 49.1 Å². The number of nitrogens with one attached hydrogen (secondary N) is 1. The number of carbonyl (C=O) groups is 1. The lowest BCUT2D eigenvalue weighted by Crippen LogP contribution is -2.44. The van der Waals surface area contributed by atoms with E-state index in [1.165, 1.54) is 11.2 Å². The Kier molecular flexibility index (Phi) is 4.72. The van der Waals surface area contributed by atoms with Gasteiger partial charge >= 0.3 is 0 Å². The van der Waals surface area contributed by atoms with Crippen molar-refractivity contribution in [1.29, 1.82) is 0 Å². The van der Waals surface area contributed by atoms with Gasteiger partial charge in [0.2, 0.25) is 11.7 Å². The molecule has 3 unspecified atom stereocenters. The summed E-state index contributed by atoms with van der Waals surface area (Å²) in [5.41, 5.74) is 0.907. The first-order valence-electron chi connectivity index (χ1n) is 9.51. The molecule has 2 aromatic rings. The summed E-state index contributed by atoms with van der Waals surface area (Å²) in [6.45, 7) is 5.65. The molecule has 1 N–H and O–H groups in total. The standard InChI is InChI=1S/C19H26N6O/c1-13(2)17(19(26)24-11-10-15-8-9-16(12-24)20-15)25-22-18(21-23-25)14-6-4-3-5-7-14/h3-7,13,15-17,20H,8-12H2,1-2H3. The summed E-state index contributed by atoms with van der Waals surface area (Å²) in [7, 11) is 0. The van der Waals surface area contributed by atoms with E-state index in [1.54, 1.807) is 0 Å². The number of fused-ring (bicyclic) bond motifs is 2. The highest BCUT2D eigenvalue weighted by atomic mass is 16.2. The maximum Gasteiger partial charge on any atom is 0.249 e. The van der Waals surface area contributed by atoms with Crippen molar-refractivity contribution < 1.29 is 4.79 Å². The van der Waals surface area contributed by atoms with Crippen LogP contribution in [0, 0.1) is 5.92 Å². The molecule has 4 rings (SSSR count). The average molecular weight is 354 g/mol. The van der Waals surface area contributed by atoms with Gasteiger partial charge in [0.1, 0.15) is 0 Å². The van der Waals surface area contributed by atoms with E-state index in [2.05, 4.69) is 20.7 Å². The Morgan fingerprint density at radius 3 is 2.69 bits per heavy atom. The van der Waals surface area contributed by atoms with Gasteiger partial charge in [-0.25, -0.2) is 0 Å². The zero-order valence-electron chi connectivity index (χ0n) is 15.4. The first kappa shape index (κ1) is 17.1. The molecule has 0 spiro atoms. The van der Waals surface area contributed by atoms with Crippen LogP contribution >= 0.6 is 0 Å². The summed E-state index contributed by atoms with van der Waals surface area (Å²) in [5, 5.41) is 16.5. The van der Waals surface area contributed by atoms with E-state index in [4.69, 9.17) is 0 Å². The van der Waals surface area contributed by atoms with E-state index in [9.17, 15) is 4.79 Å². The highest BCUT2D eigenvalue weighted by Gasteiger charge is 2.36. The number of carbonyl (C=O) groups excluding carboxylic acids is 1. The van der Waals surface area contributed by atoms with Crippen molar-refractivity contribution in [3.8, 4) is 11.4 Å². The van der Waals surface area contributed by atoms with Gasteiger partial charge < -0.3 is 10.2 Å². The molecule has 2 aliphatic rings. The summed E-state index contributed by atoms with van der Waals surface area (Å²) >= 11 is 0. The van der Waals surface area contributed by atoms with E-state index in [-0.39, 0.29) is 11.8 Å². The number of likely N-dealkylation sites (tertiary alicyclic amines) is 1. The summed E-state index contributed by atoms with van der Waals surface area (Å²) in [4.78, 5) is 16.8. The molecule has 3 atom stereocenters. The van der Waals surface area contributed by atoms with Crippen LogP contribution in [0.25, 0.3) is 11.4 Å². The number of hydrogen-bond donors (Lipinski definition) is 1. The van der Waals surface area contributed by atoms with Crippen LogP contribution in [0.5, 0.6) is 0 Å². The van der Waals surface area contributed by atoms with Crippen molar-refractivity contribution in [2.24, 2.45) is 5.92 Å². The van der Waals surface area contributed by atoms with E-state index >= 15 is 0 Å². The second-order valence-electron chi connectivity index (χ2n) is 7.70. The summed E-state index contributed by atoms with van der Waals surface area (Å²) in [6, 6.07) is 10.3. The van der Waals surface area contributed by atoms with Crippen molar-refractivity contribution in [1.82, 2.24) is 30.4 Å². The summed E-state index contributed by atoms with van der Waals surface area (Å²) < 4.78 is 0. The normalized spacial score (nSPS) is 23.9. The van der Waals surface area contributed by atoms with Gasteiger partial charge in [-0.2, -0.15) is 4.80 Å². The van der Waals surface area contributed by atoms with Gasteiger partial charge in [-0.05, 0) is 30.4 Å². The molecule has 7 nitrogen and oxygen atoms in total. The van der Waals surface area contributed by atoms with Gasteiger partial charge in [-0.1, -0.05) is 44.2 Å². The first-order chi connectivity index (χ1) is 12.6. The van der Waals surface area contributed by atoms with Crippen LogP contribution in [0.15, 0.2) is 30.3 Å². The van der Waals surface area contributed by atoms with E-state index in [0.29, 0.717) is 17.9 Å². The minimum Gasteiger partial charge on any atom is -0.339 e. The molecule has 0 saturated carbocycles. The first-order valence-corrected chi connectivity index (χ1v) is 9.51. The molecule has 7 heteroatoms. The summed E-state index contributed by atoms with van der Waals surface area (Å²) in [5.74, 6) is 0.751. The Morgan fingerprint density at radius 1 is 1.15 bits per heavy atom. The molecule has 2 fully saturated rings. The van der Waals surface area contributed by atoms with Crippen molar-refractivity contribution in [2.45, 2.75) is 51.2 Å². The van der Waals surface area contributed by atoms with Gasteiger partial charge in [-0.15, -0.1) is 10.2 Å². The Morgan fingerprint density at radius 2 is 1.92 bits per heavy atom. The fourth-order valence-electron chi connectivity index (χ4n) is 4.03. The lowest BCUT2D eigenvalue weighted by atomic mass is 10.0. The van der Waals surface area contributed by atoms with E-state index < -0.39 is 6.04 Å². The average Bonchev–Trinajstić information content (AvgIpc) is 3.22. The molecule has 3 heterocycles. The van der Waals surface area contributed by atoms with E-state index in [0.717, 1.165) is 31.5 Å². The lowest BCUT2D eigenvalue weighted by Gasteiger charge is -2.29. The maximum atomic E-state index is 13.3. The predicted octanol–water partition coefficient (Wildman–Crippen LogP) is 1.89. The molecule has 0 aliphatic carbocycles. The van der Waals surface area contributed by atoms with Crippen molar-refractivity contribution in [3.05, 3.63) is 30.3 Å². The molecule has 2 saturated heterocycles. The van der Waals surface area contributed by atoms with Gasteiger partial charge in [0.15, 0.2) is 6.04 Å². The zero-order valence-corrected chi connectivity index (χ0v) is 15.4. The molecule has 2 bridgehead atoms. The van der Waals surface area contributed by atoms with Crippen LogP contribution in [0.4, 0.5) is 0 Å². The number of aromatic nitrogens is 4. The van der Waals surface area contributed by atoms with Crippen LogP contribution < -0.4 is 5.32 Å². The Hall–Kier alpha value is -2.28. The Balaban J connectivity index is 1.56. The molecule has 26 heavy (non-hydrogen) atoms. The fourth-order valence-corrected chi connectivity index (χ4v) is 4.03. The molecule has 1 amide bonds. The van der Waals surface area contributed by atoms with Crippen molar-refractivity contribution >= 4 is 5.91 Å². The molecule has 1 aromatic heterocycles. The Bertz CT molecular complexity index is 758. The minimum atomic E-state index is -0.420. The summed E-state index contributed by atoms with van der Waals surface area (Å²) in [6.07, 6.45) is 3.40. The van der Waals surface area contributed by atoms with Crippen LogP contribution in [0.1, 0.15) is 39.2 Å². The van der Waals surface area contributed by atoms with Gasteiger partial charge in [0.25, 0.3) is 0 Å². The second kappa shape index (κ2) is 7.15. The molecular formula is C19H26N6O. The highest BCUT2D eigenvalue weighted by Crippen LogP contribution is 2.25. The molecule has 138 valence electrons. The lowest BCUT2D eigenvalue weighted by molar-refractivity contribution is -0.137. The van der Waals surface area contributed by atoms with Crippen molar-refractivity contribution in [3.63, 3.8) is 0 Å². The monoisotopic (exact) mass is 354 g/mol. The maximum absolute atomic E-state index is 13.3. The quantitative estimate of drug-likeness (QED) is 0.907. The van der Waals surface area contributed by atoms with Crippen LogP contribution in [-0.2, 0) is 4.79 Å². The number of benzene rings is 1. The third-order valence-corrected chi connectivity index (χ3v) is 5.43. The Labute approximate surface area is 153 Å². The number of rotatable bonds is 4. The fraction of sp³-hybridized carbons (Fsp3) is 0.579. The van der Waals surface area contributed by atoms with Gasteiger partial charge in [0, 0.05) is 30.7 Å². The SMILES string of the molecule is CC(C)C(C(=O)N1CCC2CCC(C1)N2)n1nnc(-c2ccccc2)n1. The third kappa shape index (κ3) is 3.35. The number of amides is 1. The second-order valence-corrected chi connectivity index (χ2v) is 7.70. The largest absolute Gasteiger partial charge is 0.339 e. The van der Waals surface area contributed by atoms with Crippen LogP contribution in [-0.4, -0.2) is 56.2 Å². The third-order valence-electron chi connectivity index (χ3n) is 5.43. The van der Waals surface area contributed by atoms with Gasteiger partial charge in [-0.3, -0.25) is 4.79 Å². The molecule has 0 radical (unpaired) electrons. The van der Waals surface area contributed by atoms with Crippen LogP contribution in [0.3, 0.4) is 0 Å². The number of nitrogens with zero attached hydrogens (tertiary/aromatic N) is 5.